The number of hydrogen-bond donors (Lipinski definition) is 1. The van der Waals surface area contributed by atoms with Crippen molar-refractivity contribution in [2.75, 3.05) is 5.32 Å². The smallest absolute Gasteiger partial charge is 0.265 e. The van der Waals surface area contributed by atoms with Gasteiger partial charge in [0, 0.05) is 15.6 Å². The summed E-state index contributed by atoms with van der Waals surface area (Å²) in [5.41, 5.74) is 1.44. The number of carbonyl (C=O) groups is 1. The van der Waals surface area contributed by atoms with Gasteiger partial charge in [-0.15, -0.1) is 11.3 Å². The molecular weight excluding hydrogens is 321 g/mol. The van der Waals surface area contributed by atoms with Crippen molar-refractivity contribution in [3.63, 3.8) is 0 Å². The highest BCUT2D eigenvalue weighted by Gasteiger charge is 2.11. The lowest BCUT2D eigenvalue weighted by Gasteiger charge is -2.03. The summed E-state index contributed by atoms with van der Waals surface area (Å²) in [5, 5.41) is 3.35. The molecule has 2 aromatic carbocycles. The van der Waals surface area contributed by atoms with Gasteiger partial charge in [0.15, 0.2) is 0 Å². The van der Waals surface area contributed by atoms with E-state index in [-0.39, 0.29) is 11.7 Å². The van der Waals surface area contributed by atoms with E-state index >= 15 is 0 Å². The van der Waals surface area contributed by atoms with Gasteiger partial charge in [-0.3, -0.25) is 4.79 Å². The van der Waals surface area contributed by atoms with Gasteiger partial charge in [-0.2, -0.15) is 0 Å². The van der Waals surface area contributed by atoms with Crippen LogP contribution >= 0.6 is 22.9 Å². The minimum absolute atomic E-state index is 0.254. The largest absolute Gasteiger partial charge is 0.321 e. The quantitative estimate of drug-likeness (QED) is 0.678. The van der Waals surface area contributed by atoms with Gasteiger partial charge >= 0.3 is 0 Å². The van der Waals surface area contributed by atoms with Crippen molar-refractivity contribution in [1.29, 1.82) is 0 Å². The van der Waals surface area contributed by atoms with E-state index in [1.807, 2.05) is 30.3 Å². The Morgan fingerprint density at radius 2 is 1.82 bits per heavy atom. The van der Waals surface area contributed by atoms with Crippen LogP contribution in [-0.2, 0) is 0 Å². The van der Waals surface area contributed by atoms with Crippen LogP contribution < -0.4 is 5.32 Å². The van der Waals surface area contributed by atoms with Crippen molar-refractivity contribution in [3.8, 4) is 10.4 Å². The summed E-state index contributed by atoms with van der Waals surface area (Å²) in [5.74, 6) is -0.637. The summed E-state index contributed by atoms with van der Waals surface area (Å²) in [7, 11) is 0. The second kappa shape index (κ2) is 6.30. The molecule has 0 atom stereocenters. The average Bonchev–Trinajstić information content (AvgIpc) is 2.98. The van der Waals surface area contributed by atoms with Crippen LogP contribution in [-0.4, -0.2) is 5.91 Å². The van der Waals surface area contributed by atoms with Crippen molar-refractivity contribution in [1.82, 2.24) is 0 Å². The van der Waals surface area contributed by atoms with E-state index in [4.69, 9.17) is 11.6 Å². The van der Waals surface area contributed by atoms with Gasteiger partial charge < -0.3 is 5.32 Å². The van der Waals surface area contributed by atoms with Crippen molar-refractivity contribution in [2.24, 2.45) is 0 Å². The molecule has 22 heavy (non-hydrogen) atoms. The number of nitrogens with one attached hydrogen (secondary N) is 1. The number of rotatable bonds is 3. The molecule has 0 aliphatic carbocycles. The summed E-state index contributed by atoms with van der Waals surface area (Å²) in [4.78, 5) is 13.7. The SMILES string of the molecule is O=C(Nc1cccc(F)c1)c1ccc(-c2ccc(Cl)cc2)s1. The summed E-state index contributed by atoms with van der Waals surface area (Å²) in [6, 6.07) is 16.9. The minimum atomic E-state index is -0.383. The molecule has 0 aliphatic heterocycles. The van der Waals surface area contributed by atoms with Crippen LogP contribution in [0.15, 0.2) is 60.7 Å². The maximum Gasteiger partial charge on any atom is 0.265 e. The molecule has 1 aromatic heterocycles. The van der Waals surface area contributed by atoms with Crippen LogP contribution in [0.3, 0.4) is 0 Å². The van der Waals surface area contributed by atoms with Crippen molar-refractivity contribution >= 4 is 34.5 Å². The number of thiophene rings is 1. The lowest BCUT2D eigenvalue weighted by atomic mass is 10.2. The summed E-state index contributed by atoms with van der Waals surface area (Å²) in [6.07, 6.45) is 0. The van der Waals surface area contributed by atoms with E-state index < -0.39 is 0 Å². The summed E-state index contributed by atoms with van der Waals surface area (Å²) >= 11 is 7.24. The third-order valence-corrected chi connectivity index (χ3v) is 4.43. The number of benzene rings is 2. The molecule has 1 amide bonds. The first-order valence-electron chi connectivity index (χ1n) is 6.54. The molecule has 1 N–H and O–H groups in total. The van der Waals surface area contributed by atoms with Crippen molar-refractivity contribution < 1.29 is 9.18 Å². The maximum absolute atomic E-state index is 13.1. The highest BCUT2D eigenvalue weighted by Crippen LogP contribution is 2.29. The molecule has 3 rings (SSSR count). The van der Waals surface area contributed by atoms with E-state index in [2.05, 4.69) is 5.32 Å². The molecule has 0 fully saturated rings. The zero-order chi connectivity index (χ0) is 15.5. The molecule has 0 unspecified atom stereocenters. The highest BCUT2D eigenvalue weighted by atomic mass is 35.5. The van der Waals surface area contributed by atoms with E-state index in [1.54, 1.807) is 18.2 Å². The summed E-state index contributed by atoms with van der Waals surface area (Å²) in [6.45, 7) is 0. The van der Waals surface area contributed by atoms with Crippen LogP contribution in [0.1, 0.15) is 9.67 Å². The van der Waals surface area contributed by atoms with Gasteiger partial charge in [0.1, 0.15) is 5.82 Å². The molecular formula is C17H11ClFNOS. The first kappa shape index (κ1) is 14.8. The van der Waals surface area contributed by atoms with E-state index in [0.29, 0.717) is 15.6 Å². The molecule has 0 spiro atoms. The number of hydrogen-bond acceptors (Lipinski definition) is 2. The van der Waals surface area contributed by atoms with Crippen LogP contribution in [0, 0.1) is 5.82 Å². The standard InChI is InChI=1S/C17H11ClFNOS/c18-12-6-4-11(5-7-12)15-8-9-16(22-15)17(21)20-14-3-1-2-13(19)10-14/h1-10H,(H,20,21). The van der Waals surface area contributed by atoms with Gasteiger partial charge in [-0.1, -0.05) is 29.8 Å². The van der Waals surface area contributed by atoms with Crippen LogP contribution in [0.25, 0.3) is 10.4 Å². The topological polar surface area (TPSA) is 29.1 Å². The third-order valence-electron chi connectivity index (χ3n) is 3.04. The van der Waals surface area contributed by atoms with E-state index in [1.165, 1.54) is 23.5 Å². The zero-order valence-electron chi connectivity index (χ0n) is 11.3. The van der Waals surface area contributed by atoms with Crippen LogP contribution in [0.4, 0.5) is 10.1 Å². The van der Waals surface area contributed by atoms with E-state index in [0.717, 1.165) is 10.4 Å². The molecule has 110 valence electrons. The van der Waals surface area contributed by atoms with Crippen LogP contribution in [0.5, 0.6) is 0 Å². The first-order chi connectivity index (χ1) is 10.6. The molecule has 0 bridgehead atoms. The molecule has 5 heteroatoms. The Morgan fingerprint density at radius 1 is 1.05 bits per heavy atom. The minimum Gasteiger partial charge on any atom is -0.321 e. The Balaban J connectivity index is 1.78. The fourth-order valence-electron chi connectivity index (χ4n) is 1.99. The number of anilines is 1. The van der Waals surface area contributed by atoms with Crippen molar-refractivity contribution in [2.45, 2.75) is 0 Å². The Bertz CT molecular complexity index is 814. The molecule has 2 nitrogen and oxygen atoms in total. The number of amides is 1. The van der Waals surface area contributed by atoms with Gasteiger partial charge in [-0.25, -0.2) is 4.39 Å². The first-order valence-corrected chi connectivity index (χ1v) is 7.74. The Labute approximate surface area is 136 Å². The molecule has 0 aliphatic rings. The second-order valence-corrected chi connectivity index (χ2v) is 6.16. The Kier molecular flexibility index (Phi) is 4.22. The number of halogens is 2. The molecule has 1 heterocycles. The van der Waals surface area contributed by atoms with Crippen LogP contribution in [0.2, 0.25) is 5.02 Å². The lowest BCUT2D eigenvalue weighted by molar-refractivity contribution is 0.103. The van der Waals surface area contributed by atoms with Gasteiger partial charge in [0.05, 0.1) is 4.88 Å². The predicted molar refractivity (Wildman–Crippen MR) is 89.1 cm³/mol. The monoisotopic (exact) mass is 331 g/mol. The van der Waals surface area contributed by atoms with Gasteiger partial charge in [0.25, 0.3) is 5.91 Å². The Morgan fingerprint density at radius 3 is 2.55 bits per heavy atom. The highest BCUT2D eigenvalue weighted by molar-refractivity contribution is 7.17. The molecule has 0 saturated carbocycles. The average molecular weight is 332 g/mol. The van der Waals surface area contributed by atoms with E-state index in [9.17, 15) is 9.18 Å². The van der Waals surface area contributed by atoms with Gasteiger partial charge in [0.2, 0.25) is 0 Å². The normalized spacial score (nSPS) is 10.5. The lowest BCUT2D eigenvalue weighted by Crippen LogP contribution is -2.09. The molecule has 0 saturated heterocycles. The van der Waals surface area contributed by atoms with Gasteiger partial charge in [-0.05, 0) is 48.0 Å². The zero-order valence-corrected chi connectivity index (χ0v) is 12.9. The third kappa shape index (κ3) is 3.35. The fourth-order valence-corrected chi connectivity index (χ4v) is 3.02. The second-order valence-electron chi connectivity index (χ2n) is 4.64. The summed E-state index contributed by atoms with van der Waals surface area (Å²) < 4.78 is 13.1. The maximum atomic E-state index is 13.1. The fraction of sp³-hybridized carbons (Fsp3) is 0. The number of carbonyl (C=O) groups excluding carboxylic acids is 1. The van der Waals surface area contributed by atoms with Crippen molar-refractivity contribution in [3.05, 3.63) is 76.4 Å². The molecule has 3 aromatic rings. The Hall–Kier alpha value is -2.17. The molecule has 0 radical (unpaired) electrons. The predicted octanol–water partition coefficient (Wildman–Crippen LogP) is 5.46.